The van der Waals surface area contributed by atoms with E-state index in [2.05, 4.69) is 0 Å². The number of rotatable bonds is 5. The highest BCUT2D eigenvalue weighted by molar-refractivity contribution is 6.18. The summed E-state index contributed by atoms with van der Waals surface area (Å²) < 4.78 is 0. The van der Waals surface area contributed by atoms with Crippen LogP contribution in [-0.2, 0) is 9.59 Å². The van der Waals surface area contributed by atoms with Crippen LogP contribution in [-0.4, -0.2) is 53.7 Å². The highest BCUT2D eigenvalue weighted by atomic mass is 35.5. The number of carbonyl (C=O) groups is 2. The van der Waals surface area contributed by atoms with Crippen molar-refractivity contribution >= 4 is 23.4 Å². The van der Waals surface area contributed by atoms with Gasteiger partial charge in [-0.1, -0.05) is 13.8 Å². The van der Waals surface area contributed by atoms with Crippen LogP contribution in [0.5, 0.6) is 0 Å². The van der Waals surface area contributed by atoms with Crippen LogP contribution in [0.2, 0.25) is 0 Å². The molecule has 0 bridgehead atoms. The molecule has 5 heteroatoms. The molecule has 0 N–H and O–H groups in total. The van der Waals surface area contributed by atoms with Crippen LogP contribution >= 0.6 is 11.6 Å². The van der Waals surface area contributed by atoms with Crippen LogP contribution in [0.4, 0.5) is 0 Å². The Hall–Kier alpha value is -0.770. The van der Waals surface area contributed by atoms with Crippen molar-refractivity contribution in [2.75, 3.05) is 32.1 Å². The zero-order valence-electron chi connectivity index (χ0n) is 11.3. The van der Waals surface area contributed by atoms with Crippen molar-refractivity contribution in [3.63, 3.8) is 0 Å². The first kappa shape index (κ1) is 15.3. The first-order valence-electron chi connectivity index (χ1n) is 6.76. The lowest BCUT2D eigenvalue weighted by Crippen LogP contribution is -2.51. The molecule has 1 saturated heterocycles. The molecule has 0 aromatic rings. The van der Waals surface area contributed by atoms with Crippen LogP contribution in [0.25, 0.3) is 0 Å². The summed E-state index contributed by atoms with van der Waals surface area (Å²) in [7, 11) is 0. The molecule has 1 aliphatic rings. The molecule has 0 radical (unpaired) electrons. The number of piperazine rings is 1. The Bertz CT molecular complexity index is 285. The van der Waals surface area contributed by atoms with Crippen molar-refractivity contribution in [3.8, 4) is 0 Å². The van der Waals surface area contributed by atoms with E-state index in [9.17, 15) is 9.59 Å². The average Bonchev–Trinajstić information content (AvgIpc) is 2.40. The van der Waals surface area contributed by atoms with Gasteiger partial charge in [0.2, 0.25) is 11.8 Å². The van der Waals surface area contributed by atoms with Crippen molar-refractivity contribution < 1.29 is 9.59 Å². The molecule has 4 nitrogen and oxygen atoms in total. The van der Waals surface area contributed by atoms with E-state index in [1.807, 2.05) is 18.7 Å². The van der Waals surface area contributed by atoms with Crippen LogP contribution in [0.1, 0.15) is 33.1 Å². The van der Waals surface area contributed by atoms with Crippen molar-refractivity contribution in [3.05, 3.63) is 0 Å². The summed E-state index contributed by atoms with van der Waals surface area (Å²) in [6, 6.07) is 0. The van der Waals surface area contributed by atoms with Gasteiger partial charge in [0.15, 0.2) is 0 Å². The summed E-state index contributed by atoms with van der Waals surface area (Å²) in [5.74, 6) is 0.838. The fourth-order valence-electron chi connectivity index (χ4n) is 2.31. The molecule has 1 aliphatic heterocycles. The van der Waals surface area contributed by atoms with E-state index >= 15 is 0 Å². The highest BCUT2D eigenvalue weighted by Gasteiger charge is 2.26. The molecule has 0 spiro atoms. The first-order chi connectivity index (χ1) is 8.63. The van der Waals surface area contributed by atoms with Gasteiger partial charge in [-0.05, 0) is 12.8 Å². The minimum absolute atomic E-state index is 0.0969. The molecule has 1 rings (SSSR count). The standard InChI is InChI=1S/C13H23ClN2O2/c1-3-11(4-2)13(18)16-9-7-15(8-10-16)12(17)5-6-14/h11H,3-10H2,1-2H3. The Morgan fingerprint density at radius 2 is 1.56 bits per heavy atom. The third-order valence-corrected chi connectivity index (χ3v) is 3.78. The molecular formula is C13H23ClN2O2. The third-order valence-electron chi connectivity index (χ3n) is 3.59. The predicted molar refractivity (Wildman–Crippen MR) is 72.6 cm³/mol. The van der Waals surface area contributed by atoms with E-state index in [-0.39, 0.29) is 17.7 Å². The fourth-order valence-corrected chi connectivity index (χ4v) is 2.47. The lowest BCUT2D eigenvalue weighted by molar-refractivity contribution is -0.142. The fraction of sp³-hybridized carbons (Fsp3) is 0.846. The van der Waals surface area contributed by atoms with Crippen molar-refractivity contribution in [1.29, 1.82) is 0 Å². The second kappa shape index (κ2) is 7.62. The largest absolute Gasteiger partial charge is 0.339 e. The van der Waals surface area contributed by atoms with Gasteiger partial charge in [0, 0.05) is 44.4 Å². The quantitative estimate of drug-likeness (QED) is 0.717. The van der Waals surface area contributed by atoms with Gasteiger partial charge in [0.1, 0.15) is 0 Å². The second-order valence-corrected chi connectivity index (χ2v) is 5.04. The van der Waals surface area contributed by atoms with Crippen molar-refractivity contribution in [2.45, 2.75) is 33.1 Å². The van der Waals surface area contributed by atoms with Crippen LogP contribution in [0.15, 0.2) is 0 Å². The number of carbonyl (C=O) groups excluding carboxylic acids is 2. The van der Waals surface area contributed by atoms with E-state index in [1.54, 1.807) is 4.90 Å². The molecule has 0 aliphatic carbocycles. The van der Waals surface area contributed by atoms with Crippen molar-refractivity contribution in [1.82, 2.24) is 9.80 Å². The summed E-state index contributed by atoms with van der Waals surface area (Å²) in [5, 5.41) is 0. The van der Waals surface area contributed by atoms with Gasteiger partial charge >= 0.3 is 0 Å². The lowest BCUT2D eigenvalue weighted by atomic mass is 10.0. The van der Waals surface area contributed by atoms with E-state index in [4.69, 9.17) is 11.6 Å². The summed E-state index contributed by atoms with van der Waals surface area (Å²) in [6.45, 7) is 6.69. The van der Waals surface area contributed by atoms with Crippen LogP contribution < -0.4 is 0 Å². The van der Waals surface area contributed by atoms with E-state index in [0.29, 0.717) is 38.5 Å². The topological polar surface area (TPSA) is 40.6 Å². The van der Waals surface area contributed by atoms with E-state index < -0.39 is 0 Å². The zero-order chi connectivity index (χ0) is 13.5. The molecule has 0 aromatic carbocycles. The second-order valence-electron chi connectivity index (χ2n) is 4.66. The third kappa shape index (κ3) is 3.87. The smallest absolute Gasteiger partial charge is 0.225 e. The van der Waals surface area contributed by atoms with Gasteiger partial charge in [-0.2, -0.15) is 0 Å². The minimum Gasteiger partial charge on any atom is -0.339 e. The minimum atomic E-state index is 0.0969. The molecular weight excluding hydrogens is 252 g/mol. The van der Waals surface area contributed by atoms with E-state index in [0.717, 1.165) is 12.8 Å². The van der Waals surface area contributed by atoms with Crippen LogP contribution in [0, 0.1) is 5.92 Å². The number of nitrogens with zero attached hydrogens (tertiary/aromatic N) is 2. The SMILES string of the molecule is CCC(CC)C(=O)N1CCN(C(=O)CCCl)CC1. The maximum Gasteiger partial charge on any atom is 0.225 e. The number of alkyl halides is 1. The molecule has 0 unspecified atom stereocenters. The summed E-state index contributed by atoms with van der Waals surface area (Å²) >= 11 is 5.56. The number of amides is 2. The van der Waals surface area contributed by atoms with E-state index in [1.165, 1.54) is 0 Å². The molecule has 1 heterocycles. The Kier molecular flexibility index (Phi) is 6.47. The monoisotopic (exact) mass is 274 g/mol. The molecule has 2 amide bonds. The summed E-state index contributed by atoms with van der Waals surface area (Å²) in [5.41, 5.74) is 0. The van der Waals surface area contributed by atoms with Gasteiger partial charge in [-0.15, -0.1) is 11.6 Å². The molecule has 1 fully saturated rings. The predicted octanol–water partition coefficient (Wildman–Crippen LogP) is 1.72. The Balaban J connectivity index is 2.43. The van der Waals surface area contributed by atoms with Crippen molar-refractivity contribution in [2.24, 2.45) is 5.92 Å². The van der Waals surface area contributed by atoms with Gasteiger partial charge in [0.05, 0.1) is 0 Å². The van der Waals surface area contributed by atoms with Gasteiger partial charge in [-0.25, -0.2) is 0 Å². The molecule has 0 saturated carbocycles. The number of hydrogen-bond acceptors (Lipinski definition) is 2. The lowest BCUT2D eigenvalue weighted by Gasteiger charge is -2.36. The molecule has 0 atom stereocenters. The zero-order valence-corrected chi connectivity index (χ0v) is 12.1. The Labute approximate surface area is 114 Å². The Morgan fingerprint density at radius 3 is 2.00 bits per heavy atom. The van der Waals surface area contributed by atoms with Gasteiger partial charge in [0.25, 0.3) is 0 Å². The first-order valence-corrected chi connectivity index (χ1v) is 7.30. The molecule has 104 valence electrons. The van der Waals surface area contributed by atoms with Gasteiger partial charge < -0.3 is 9.80 Å². The Morgan fingerprint density at radius 1 is 1.06 bits per heavy atom. The maximum atomic E-state index is 12.2. The normalized spacial score (nSPS) is 16.2. The van der Waals surface area contributed by atoms with Gasteiger partial charge in [-0.3, -0.25) is 9.59 Å². The summed E-state index contributed by atoms with van der Waals surface area (Å²) in [6.07, 6.45) is 2.17. The highest BCUT2D eigenvalue weighted by Crippen LogP contribution is 2.14. The molecule has 0 aromatic heterocycles. The molecule has 18 heavy (non-hydrogen) atoms. The number of hydrogen-bond donors (Lipinski definition) is 0. The number of halogens is 1. The van der Waals surface area contributed by atoms with Crippen LogP contribution in [0.3, 0.4) is 0 Å². The average molecular weight is 275 g/mol. The summed E-state index contributed by atoms with van der Waals surface area (Å²) in [4.78, 5) is 27.5. The maximum absolute atomic E-state index is 12.2.